The standard InChI is InChI=1S/C19H12F5N3O2/c1-9(10-3-2-4-11(5-10)19(22,23)24)26-17(28)18(29)27-16-8-25-15-7-14(21)13(20)6-12(15)16/h2-8,25H,1H3,(H,27,29)/b26-9+. The summed E-state index contributed by atoms with van der Waals surface area (Å²) in [5.41, 5.74) is -0.789. The van der Waals surface area contributed by atoms with Crippen LogP contribution in [0.15, 0.2) is 47.6 Å². The monoisotopic (exact) mass is 409 g/mol. The molecule has 0 fully saturated rings. The third-order valence-electron chi connectivity index (χ3n) is 4.04. The van der Waals surface area contributed by atoms with E-state index in [1.54, 1.807) is 0 Å². The van der Waals surface area contributed by atoms with Crippen molar-refractivity contribution in [3.8, 4) is 0 Å². The van der Waals surface area contributed by atoms with Crippen molar-refractivity contribution in [1.29, 1.82) is 0 Å². The Bertz CT molecular complexity index is 1150. The Morgan fingerprint density at radius 3 is 2.45 bits per heavy atom. The average Bonchev–Trinajstić information content (AvgIpc) is 3.03. The Hall–Kier alpha value is -3.56. The van der Waals surface area contributed by atoms with E-state index in [4.69, 9.17) is 0 Å². The number of halogens is 5. The lowest BCUT2D eigenvalue weighted by Gasteiger charge is -2.08. The molecule has 3 aromatic rings. The van der Waals surface area contributed by atoms with Gasteiger partial charge in [0.05, 0.1) is 16.8 Å². The molecule has 2 N–H and O–H groups in total. The molecule has 5 nitrogen and oxygen atoms in total. The highest BCUT2D eigenvalue weighted by Crippen LogP contribution is 2.29. The summed E-state index contributed by atoms with van der Waals surface area (Å²) in [4.78, 5) is 30.2. The maximum Gasteiger partial charge on any atom is 0.416 e. The molecule has 0 radical (unpaired) electrons. The van der Waals surface area contributed by atoms with E-state index in [1.807, 2.05) is 0 Å². The molecule has 0 saturated heterocycles. The van der Waals surface area contributed by atoms with E-state index in [9.17, 15) is 31.5 Å². The zero-order valence-electron chi connectivity index (χ0n) is 14.7. The van der Waals surface area contributed by atoms with Gasteiger partial charge in [-0.15, -0.1) is 0 Å². The minimum atomic E-state index is -4.57. The molecule has 1 aromatic heterocycles. The van der Waals surface area contributed by atoms with Gasteiger partial charge in [-0.05, 0) is 30.7 Å². The molecule has 0 aliphatic rings. The molecule has 0 unspecified atom stereocenters. The number of carbonyl (C=O) groups is 2. The molecule has 0 aliphatic carbocycles. The van der Waals surface area contributed by atoms with Crippen LogP contribution in [0.25, 0.3) is 10.9 Å². The fourth-order valence-electron chi connectivity index (χ4n) is 2.58. The van der Waals surface area contributed by atoms with Crippen LogP contribution in [0.4, 0.5) is 27.6 Å². The maximum atomic E-state index is 13.4. The summed E-state index contributed by atoms with van der Waals surface area (Å²) in [7, 11) is 0. The number of H-pyrrole nitrogens is 1. The molecule has 2 aromatic carbocycles. The Morgan fingerprint density at radius 1 is 1.07 bits per heavy atom. The van der Waals surface area contributed by atoms with Gasteiger partial charge in [-0.3, -0.25) is 9.59 Å². The number of aromatic nitrogens is 1. The number of amides is 2. The van der Waals surface area contributed by atoms with E-state index in [2.05, 4.69) is 15.3 Å². The van der Waals surface area contributed by atoms with Crippen molar-refractivity contribution in [1.82, 2.24) is 4.98 Å². The zero-order chi connectivity index (χ0) is 21.3. The molecule has 1 heterocycles. The molecule has 0 atom stereocenters. The summed E-state index contributed by atoms with van der Waals surface area (Å²) in [6.45, 7) is 1.28. The van der Waals surface area contributed by atoms with Crippen molar-refractivity contribution in [3.05, 3.63) is 65.4 Å². The molecule has 0 saturated carbocycles. The van der Waals surface area contributed by atoms with Gasteiger partial charge in [-0.2, -0.15) is 13.2 Å². The van der Waals surface area contributed by atoms with Crippen LogP contribution < -0.4 is 5.32 Å². The highest BCUT2D eigenvalue weighted by Gasteiger charge is 2.30. The first-order valence-electron chi connectivity index (χ1n) is 8.10. The summed E-state index contributed by atoms with van der Waals surface area (Å²) in [5.74, 6) is -4.69. The number of fused-ring (bicyclic) bond motifs is 1. The average molecular weight is 409 g/mol. The van der Waals surface area contributed by atoms with E-state index < -0.39 is 35.2 Å². The second-order valence-corrected chi connectivity index (χ2v) is 6.05. The van der Waals surface area contributed by atoms with Crippen molar-refractivity contribution >= 4 is 34.1 Å². The first kappa shape index (κ1) is 20.2. The van der Waals surface area contributed by atoms with Crippen molar-refractivity contribution in [2.45, 2.75) is 13.1 Å². The van der Waals surface area contributed by atoms with Gasteiger partial charge in [0, 0.05) is 23.4 Å². The SMILES string of the molecule is C/C(=N\C(=O)C(=O)Nc1c[nH]c2cc(F)c(F)cc12)c1cccc(C(F)(F)F)c1. The van der Waals surface area contributed by atoms with Crippen molar-refractivity contribution in [2.75, 3.05) is 5.32 Å². The number of nitrogens with zero attached hydrogens (tertiary/aromatic N) is 1. The molecule has 0 aliphatic heterocycles. The lowest BCUT2D eigenvalue weighted by molar-refractivity contribution is -0.137. The van der Waals surface area contributed by atoms with Gasteiger partial charge < -0.3 is 10.3 Å². The minimum Gasteiger partial charge on any atom is -0.359 e. The lowest BCUT2D eigenvalue weighted by Crippen LogP contribution is -2.22. The molecule has 150 valence electrons. The van der Waals surface area contributed by atoms with E-state index in [-0.39, 0.29) is 27.9 Å². The van der Waals surface area contributed by atoms with E-state index >= 15 is 0 Å². The van der Waals surface area contributed by atoms with Gasteiger partial charge in [0.1, 0.15) is 0 Å². The van der Waals surface area contributed by atoms with E-state index in [1.165, 1.54) is 19.2 Å². The van der Waals surface area contributed by atoms with Crippen LogP contribution in [-0.2, 0) is 15.8 Å². The van der Waals surface area contributed by atoms with Crippen LogP contribution in [-0.4, -0.2) is 22.5 Å². The van der Waals surface area contributed by atoms with Crippen LogP contribution in [0.3, 0.4) is 0 Å². The van der Waals surface area contributed by atoms with Crippen LogP contribution in [0.1, 0.15) is 18.1 Å². The van der Waals surface area contributed by atoms with Gasteiger partial charge in [-0.1, -0.05) is 12.1 Å². The molecule has 10 heteroatoms. The maximum absolute atomic E-state index is 13.4. The number of aliphatic imine (C=N–C) groups is 1. The summed E-state index contributed by atoms with van der Waals surface area (Å²) in [6, 6.07) is 5.87. The van der Waals surface area contributed by atoms with Gasteiger partial charge in [0.25, 0.3) is 0 Å². The van der Waals surface area contributed by atoms with Gasteiger partial charge >= 0.3 is 18.0 Å². The predicted molar refractivity (Wildman–Crippen MR) is 95.5 cm³/mol. The molecule has 0 bridgehead atoms. The molecule has 2 amide bonds. The van der Waals surface area contributed by atoms with Gasteiger partial charge in [-0.25, -0.2) is 13.8 Å². The highest BCUT2D eigenvalue weighted by molar-refractivity contribution is 6.42. The Kier molecular flexibility index (Phi) is 5.19. The highest BCUT2D eigenvalue weighted by atomic mass is 19.4. The van der Waals surface area contributed by atoms with Crippen molar-refractivity contribution in [2.24, 2.45) is 4.99 Å². The molecule has 3 rings (SSSR count). The molecular weight excluding hydrogens is 397 g/mol. The lowest BCUT2D eigenvalue weighted by atomic mass is 10.1. The molecule has 29 heavy (non-hydrogen) atoms. The molecular formula is C19H12F5N3O2. The molecule has 0 spiro atoms. The largest absolute Gasteiger partial charge is 0.416 e. The fourth-order valence-corrected chi connectivity index (χ4v) is 2.58. The third kappa shape index (κ3) is 4.31. The van der Waals surface area contributed by atoms with Crippen LogP contribution in [0.5, 0.6) is 0 Å². The van der Waals surface area contributed by atoms with Crippen LogP contribution in [0.2, 0.25) is 0 Å². The van der Waals surface area contributed by atoms with Crippen LogP contribution in [0, 0.1) is 11.6 Å². The minimum absolute atomic E-state index is 0.0178. The number of anilines is 1. The Balaban J connectivity index is 1.80. The number of rotatable bonds is 2. The normalized spacial score (nSPS) is 12.3. The van der Waals surface area contributed by atoms with Gasteiger partial charge in [0.2, 0.25) is 0 Å². The summed E-state index contributed by atoms with van der Waals surface area (Å²) in [5, 5.41) is 2.34. The number of hydrogen-bond acceptors (Lipinski definition) is 2. The second kappa shape index (κ2) is 7.46. The number of alkyl halides is 3. The fraction of sp³-hybridized carbons (Fsp3) is 0.105. The quantitative estimate of drug-likeness (QED) is 0.373. The summed E-state index contributed by atoms with van der Waals surface area (Å²) >= 11 is 0. The number of hydrogen-bond donors (Lipinski definition) is 2. The smallest absolute Gasteiger partial charge is 0.359 e. The first-order chi connectivity index (χ1) is 13.6. The van der Waals surface area contributed by atoms with Gasteiger partial charge in [0.15, 0.2) is 11.6 Å². The Morgan fingerprint density at radius 2 is 1.76 bits per heavy atom. The topological polar surface area (TPSA) is 74.3 Å². The number of nitrogens with one attached hydrogen (secondary N) is 2. The predicted octanol–water partition coefficient (Wildman–Crippen LogP) is 4.44. The first-order valence-corrected chi connectivity index (χ1v) is 8.10. The van der Waals surface area contributed by atoms with Crippen molar-refractivity contribution in [3.63, 3.8) is 0 Å². The van der Waals surface area contributed by atoms with E-state index in [0.717, 1.165) is 30.3 Å². The third-order valence-corrected chi connectivity index (χ3v) is 4.04. The number of aromatic amines is 1. The number of carbonyl (C=O) groups excluding carboxylic acids is 2. The van der Waals surface area contributed by atoms with Crippen molar-refractivity contribution < 1.29 is 31.5 Å². The summed E-state index contributed by atoms with van der Waals surface area (Å²) in [6.07, 6.45) is -3.33. The van der Waals surface area contributed by atoms with Crippen LogP contribution >= 0.6 is 0 Å². The summed E-state index contributed by atoms with van der Waals surface area (Å²) < 4.78 is 65.0. The Labute approximate surface area is 160 Å². The second-order valence-electron chi connectivity index (χ2n) is 6.05. The zero-order valence-corrected chi connectivity index (χ0v) is 14.7. The number of benzene rings is 2. The van der Waals surface area contributed by atoms with E-state index in [0.29, 0.717) is 0 Å².